The number of aromatic nitrogens is 2. The fourth-order valence-electron chi connectivity index (χ4n) is 1.65. The number of nitrogen functional groups attached to an aromatic ring is 1. The van der Waals surface area contributed by atoms with Crippen LogP contribution >= 0.6 is 0 Å². The van der Waals surface area contributed by atoms with Crippen LogP contribution in [0.4, 0.5) is 10.2 Å². The minimum Gasteiger partial charge on any atom is -0.493 e. The largest absolute Gasteiger partial charge is 0.493 e. The zero-order valence-corrected chi connectivity index (χ0v) is 9.45. The lowest BCUT2D eigenvalue weighted by atomic mass is 10.1. The van der Waals surface area contributed by atoms with Crippen molar-refractivity contribution in [3.05, 3.63) is 24.1 Å². The van der Waals surface area contributed by atoms with Crippen molar-refractivity contribution in [2.24, 2.45) is 0 Å². The van der Waals surface area contributed by atoms with E-state index in [1.807, 2.05) is 0 Å². The minimum absolute atomic E-state index is 0.234. The Hall–Kier alpha value is -2.24. The molecule has 1 aromatic heterocycles. The Balaban J connectivity index is 2.71. The van der Waals surface area contributed by atoms with Crippen molar-refractivity contribution < 1.29 is 13.9 Å². The van der Waals surface area contributed by atoms with Gasteiger partial charge in [-0.1, -0.05) is 0 Å². The molecule has 90 valence electrons. The van der Waals surface area contributed by atoms with Gasteiger partial charge in [-0.2, -0.15) is 5.10 Å². The van der Waals surface area contributed by atoms with Crippen LogP contribution in [0, 0.1) is 5.82 Å². The zero-order chi connectivity index (χ0) is 12.4. The van der Waals surface area contributed by atoms with Gasteiger partial charge in [-0.3, -0.25) is 5.10 Å². The lowest BCUT2D eigenvalue weighted by molar-refractivity contribution is 0.354. The number of aromatic amines is 1. The Morgan fingerprint density at radius 2 is 2.06 bits per heavy atom. The SMILES string of the molecule is COc1ccc(F)c(-c2cn[nH]c2N)c1OC. The Morgan fingerprint density at radius 1 is 1.29 bits per heavy atom. The van der Waals surface area contributed by atoms with Crippen molar-refractivity contribution in [1.29, 1.82) is 0 Å². The molecule has 1 heterocycles. The molecule has 17 heavy (non-hydrogen) atoms. The van der Waals surface area contributed by atoms with Crippen molar-refractivity contribution in [3.63, 3.8) is 0 Å². The highest BCUT2D eigenvalue weighted by molar-refractivity contribution is 5.80. The number of nitrogens with zero attached hydrogens (tertiary/aromatic N) is 1. The predicted octanol–water partition coefficient (Wildman–Crippen LogP) is 1.82. The fourth-order valence-corrected chi connectivity index (χ4v) is 1.65. The number of H-pyrrole nitrogens is 1. The molecule has 0 aliphatic carbocycles. The zero-order valence-electron chi connectivity index (χ0n) is 9.45. The van der Waals surface area contributed by atoms with Gasteiger partial charge in [-0.25, -0.2) is 4.39 Å². The van der Waals surface area contributed by atoms with E-state index >= 15 is 0 Å². The van der Waals surface area contributed by atoms with Crippen LogP contribution in [0.3, 0.4) is 0 Å². The first-order valence-electron chi connectivity index (χ1n) is 4.88. The smallest absolute Gasteiger partial charge is 0.171 e. The van der Waals surface area contributed by atoms with Gasteiger partial charge in [0.15, 0.2) is 11.5 Å². The molecule has 6 heteroatoms. The third-order valence-electron chi connectivity index (χ3n) is 2.43. The van der Waals surface area contributed by atoms with Crippen molar-refractivity contribution in [3.8, 4) is 22.6 Å². The quantitative estimate of drug-likeness (QED) is 0.853. The van der Waals surface area contributed by atoms with Gasteiger partial charge in [0, 0.05) is 0 Å². The first-order valence-corrected chi connectivity index (χ1v) is 4.88. The summed E-state index contributed by atoms with van der Waals surface area (Å²) in [7, 11) is 2.93. The van der Waals surface area contributed by atoms with E-state index in [4.69, 9.17) is 15.2 Å². The molecule has 0 atom stereocenters. The number of halogens is 1. The first kappa shape index (κ1) is 11.3. The van der Waals surface area contributed by atoms with Gasteiger partial charge >= 0.3 is 0 Å². The number of nitrogens with two attached hydrogens (primary N) is 1. The van der Waals surface area contributed by atoms with E-state index in [9.17, 15) is 4.39 Å². The van der Waals surface area contributed by atoms with Gasteiger partial charge in [-0.05, 0) is 12.1 Å². The second-order valence-corrected chi connectivity index (χ2v) is 3.36. The van der Waals surface area contributed by atoms with Crippen molar-refractivity contribution in [1.82, 2.24) is 10.2 Å². The number of methoxy groups -OCH3 is 2. The number of anilines is 1. The third kappa shape index (κ3) is 1.77. The summed E-state index contributed by atoms with van der Waals surface area (Å²) >= 11 is 0. The van der Waals surface area contributed by atoms with Crippen LogP contribution in [0.2, 0.25) is 0 Å². The molecule has 0 amide bonds. The Kier molecular flexibility index (Phi) is 2.86. The van der Waals surface area contributed by atoms with Gasteiger partial charge in [-0.15, -0.1) is 0 Å². The number of hydrogen-bond donors (Lipinski definition) is 2. The number of rotatable bonds is 3. The van der Waals surface area contributed by atoms with Crippen LogP contribution in [0.5, 0.6) is 11.5 Å². The van der Waals surface area contributed by atoms with E-state index in [2.05, 4.69) is 10.2 Å². The first-order chi connectivity index (χ1) is 8.19. The number of hydrogen-bond acceptors (Lipinski definition) is 4. The molecule has 0 aliphatic heterocycles. The van der Waals surface area contributed by atoms with Crippen LogP contribution in [0.15, 0.2) is 18.3 Å². The third-order valence-corrected chi connectivity index (χ3v) is 2.43. The lowest BCUT2D eigenvalue weighted by Gasteiger charge is -2.12. The normalized spacial score (nSPS) is 10.3. The molecular weight excluding hydrogens is 225 g/mol. The van der Waals surface area contributed by atoms with Crippen molar-refractivity contribution in [2.75, 3.05) is 20.0 Å². The molecular formula is C11H12FN3O2. The molecule has 0 radical (unpaired) electrons. The monoisotopic (exact) mass is 237 g/mol. The lowest BCUT2D eigenvalue weighted by Crippen LogP contribution is -1.97. The highest BCUT2D eigenvalue weighted by Crippen LogP contribution is 2.41. The summed E-state index contributed by atoms with van der Waals surface area (Å²) in [5.74, 6) is 0.552. The van der Waals surface area contributed by atoms with E-state index in [1.165, 1.54) is 32.5 Å². The Labute approximate surface area is 97.3 Å². The standard InChI is InChI=1S/C11H12FN3O2/c1-16-8-4-3-7(12)9(10(8)17-2)6-5-14-15-11(6)13/h3-5H,1-2H3,(H3,13,14,15). The number of ether oxygens (including phenoxy) is 2. The van der Waals surface area contributed by atoms with Gasteiger partial charge in [0.1, 0.15) is 11.6 Å². The Bertz CT molecular complexity index is 540. The average molecular weight is 237 g/mol. The summed E-state index contributed by atoms with van der Waals surface area (Å²) in [6, 6.07) is 2.79. The van der Waals surface area contributed by atoms with Crippen LogP contribution < -0.4 is 15.2 Å². The van der Waals surface area contributed by atoms with E-state index in [0.29, 0.717) is 17.1 Å². The molecule has 0 unspecified atom stereocenters. The van der Waals surface area contributed by atoms with Crippen LogP contribution in [0.1, 0.15) is 0 Å². The molecule has 0 bridgehead atoms. The fraction of sp³-hybridized carbons (Fsp3) is 0.182. The van der Waals surface area contributed by atoms with Crippen molar-refractivity contribution >= 4 is 5.82 Å². The summed E-state index contributed by atoms with van der Waals surface area (Å²) in [6.45, 7) is 0. The van der Waals surface area contributed by atoms with Gasteiger partial charge in [0.05, 0.1) is 31.5 Å². The predicted molar refractivity (Wildman–Crippen MR) is 61.5 cm³/mol. The average Bonchev–Trinajstić information content (AvgIpc) is 2.74. The maximum atomic E-state index is 13.9. The summed E-state index contributed by atoms with van der Waals surface area (Å²) < 4.78 is 24.1. The van der Waals surface area contributed by atoms with Crippen LogP contribution in [-0.4, -0.2) is 24.4 Å². The summed E-state index contributed by atoms with van der Waals surface area (Å²) in [5, 5.41) is 6.30. The second-order valence-electron chi connectivity index (χ2n) is 3.36. The topological polar surface area (TPSA) is 73.2 Å². The number of benzene rings is 1. The molecule has 0 aliphatic rings. The molecule has 0 saturated heterocycles. The molecule has 0 fully saturated rings. The molecule has 2 aromatic rings. The summed E-state index contributed by atoms with van der Waals surface area (Å²) in [6.07, 6.45) is 1.44. The molecule has 2 rings (SSSR count). The molecule has 0 saturated carbocycles. The van der Waals surface area contributed by atoms with Crippen LogP contribution in [0.25, 0.3) is 11.1 Å². The second kappa shape index (κ2) is 4.32. The molecule has 3 N–H and O–H groups in total. The summed E-state index contributed by atoms with van der Waals surface area (Å²) in [4.78, 5) is 0. The van der Waals surface area contributed by atoms with E-state index in [0.717, 1.165) is 0 Å². The Morgan fingerprint density at radius 3 is 2.59 bits per heavy atom. The maximum absolute atomic E-state index is 13.9. The van der Waals surface area contributed by atoms with Gasteiger partial charge < -0.3 is 15.2 Å². The highest BCUT2D eigenvalue weighted by atomic mass is 19.1. The van der Waals surface area contributed by atoms with Gasteiger partial charge in [0.2, 0.25) is 0 Å². The minimum atomic E-state index is -0.448. The van der Waals surface area contributed by atoms with Gasteiger partial charge in [0.25, 0.3) is 0 Å². The number of nitrogens with one attached hydrogen (secondary N) is 1. The van der Waals surface area contributed by atoms with E-state index in [1.54, 1.807) is 0 Å². The molecule has 1 aromatic carbocycles. The summed E-state index contributed by atoms with van der Waals surface area (Å²) in [5.41, 5.74) is 6.35. The van der Waals surface area contributed by atoms with E-state index < -0.39 is 5.82 Å². The highest BCUT2D eigenvalue weighted by Gasteiger charge is 2.19. The maximum Gasteiger partial charge on any atom is 0.171 e. The molecule has 5 nitrogen and oxygen atoms in total. The van der Waals surface area contributed by atoms with Crippen LogP contribution in [-0.2, 0) is 0 Å². The molecule has 0 spiro atoms. The van der Waals surface area contributed by atoms with E-state index in [-0.39, 0.29) is 11.4 Å². The van der Waals surface area contributed by atoms with Crippen molar-refractivity contribution in [2.45, 2.75) is 0 Å².